The maximum atomic E-state index is 14.2. The minimum absolute atomic E-state index is 0.100. The molecule has 0 atom stereocenters. The first-order valence-corrected chi connectivity index (χ1v) is 18.0. The van der Waals surface area contributed by atoms with Crippen LogP contribution < -0.4 is 15.4 Å². The number of nitrogens with zero attached hydrogens (tertiary/aromatic N) is 2. The maximum Gasteiger partial charge on any atom is 0.418 e. The lowest BCUT2D eigenvalue weighted by Gasteiger charge is -2.20. The number of anilines is 1. The maximum absolute atomic E-state index is 14.2. The van der Waals surface area contributed by atoms with Gasteiger partial charge in [-0.05, 0) is 103 Å². The first-order chi connectivity index (χ1) is 24.4. The van der Waals surface area contributed by atoms with E-state index in [0.29, 0.717) is 62.2 Å². The van der Waals surface area contributed by atoms with Crippen molar-refractivity contribution < 1.29 is 33.4 Å². The predicted molar refractivity (Wildman–Crippen MR) is 202 cm³/mol. The zero-order valence-corrected chi connectivity index (χ0v) is 31.6. The summed E-state index contributed by atoms with van der Waals surface area (Å²) in [6, 6.07) is 14.5. The van der Waals surface area contributed by atoms with Crippen LogP contribution in [0.5, 0.6) is 5.75 Å². The highest BCUT2D eigenvalue weighted by Gasteiger charge is 2.27. The van der Waals surface area contributed by atoms with E-state index in [9.17, 15) is 19.2 Å². The number of thiophene rings is 1. The SMILES string of the molecule is CCCNC=O.COC(=O)c1nc(C)ccc1-c1cc2c(cc1C(=O)Nc1ccc3c(ccn3C(=O)OC(C)(C)C)c1Br)-c1sccc1CCO2. The number of esters is 1. The molecule has 0 radical (unpaired) electrons. The Balaban J connectivity index is 0.000000774. The number of methoxy groups -OCH3 is 1. The van der Waals surface area contributed by atoms with Gasteiger partial charge in [0.2, 0.25) is 6.41 Å². The number of pyridine rings is 1. The Kier molecular flexibility index (Phi) is 11.6. The molecule has 4 heterocycles. The molecule has 266 valence electrons. The second-order valence-electron chi connectivity index (χ2n) is 12.7. The van der Waals surface area contributed by atoms with Crippen molar-refractivity contribution in [1.82, 2.24) is 14.9 Å². The van der Waals surface area contributed by atoms with E-state index in [2.05, 4.69) is 37.6 Å². The quantitative estimate of drug-likeness (QED) is 0.0956. The van der Waals surface area contributed by atoms with Gasteiger partial charge in [-0.15, -0.1) is 11.3 Å². The van der Waals surface area contributed by atoms with Gasteiger partial charge in [0.05, 0.1) is 29.4 Å². The number of rotatable bonds is 7. The van der Waals surface area contributed by atoms with Crippen LogP contribution in [0.2, 0.25) is 0 Å². The molecule has 2 aromatic carbocycles. The number of halogens is 1. The number of hydrogen-bond acceptors (Lipinski definition) is 9. The fourth-order valence-corrected chi connectivity index (χ4v) is 7.04. The van der Waals surface area contributed by atoms with E-state index < -0.39 is 23.6 Å². The summed E-state index contributed by atoms with van der Waals surface area (Å²) >= 11 is 5.22. The van der Waals surface area contributed by atoms with Crippen LogP contribution in [0.25, 0.3) is 32.5 Å². The Morgan fingerprint density at radius 1 is 1.08 bits per heavy atom. The van der Waals surface area contributed by atoms with E-state index >= 15 is 0 Å². The summed E-state index contributed by atoms with van der Waals surface area (Å²) in [5.41, 5.74) is 4.40. The number of ether oxygens (including phenoxy) is 3. The molecule has 0 saturated heterocycles. The molecule has 1 aliphatic rings. The molecule has 0 saturated carbocycles. The highest BCUT2D eigenvalue weighted by molar-refractivity contribution is 9.10. The summed E-state index contributed by atoms with van der Waals surface area (Å²) in [5, 5.41) is 8.30. The van der Waals surface area contributed by atoms with Crippen LogP contribution in [0.4, 0.5) is 10.5 Å². The Morgan fingerprint density at radius 3 is 2.55 bits per heavy atom. The Labute approximate surface area is 308 Å². The molecule has 1 aliphatic heterocycles. The summed E-state index contributed by atoms with van der Waals surface area (Å²) in [4.78, 5) is 54.8. The molecule has 11 nitrogen and oxygen atoms in total. The number of benzene rings is 2. The summed E-state index contributed by atoms with van der Waals surface area (Å²) < 4.78 is 18.8. The van der Waals surface area contributed by atoms with Gasteiger partial charge in [0.1, 0.15) is 11.4 Å². The molecule has 2 amide bonds. The first-order valence-electron chi connectivity index (χ1n) is 16.3. The van der Waals surface area contributed by atoms with Gasteiger partial charge >= 0.3 is 12.1 Å². The highest BCUT2D eigenvalue weighted by atomic mass is 79.9. The van der Waals surface area contributed by atoms with Crippen LogP contribution in [0.15, 0.2) is 64.6 Å². The van der Waals surface area contributed by atoms with Crippen LogP contribution in [-0.4, -0.2) is 59.8 Å². The average Bonchev–Trinajstić information content (AvgIpc) is 3.72. The van der Waals surface area contributed by atoms with E-state index in [1.165, 1.54) is 11.7 Å². The topological polar surface area (TPSA) is 138 Å². The normalized spacial score (nSPS) is 11.9. The molecule has 2 N–H and O–H groups in total. The van der Waals surface area contributed by atoms with E-state index in [0.717, 1.165) is 35.4 Å². The second kappa shape index (κ2) is 15.9. The summed E-state index contributed by atoms with van der Waals surface area (Å²) in [7, 11) is 1.30. The van der Waals surface area contributed by atoms with Gasteiger partial charge in [-0.1, -0.05) is 13.0 Å². The first kappa shape index (κ1) is 37.3. The molecule has 3 aromatic heterocycles. The third kappa shape index (κ3) is 8.32. The van der Waals surface area contributed by atoms with Crippen LogP contribution in [0.3, 0.4) is 0 Å². The van der Waals surface area contributed by atoms with Crippen molar-refractivity contribution in [3.63, 3.8) is 0 Å². The third-order valence-corrected chi connectivity index (χ3v) is 9.66. The van der Waals surface area contributed by atoms with Crippen molar-refractivity contribution >= 4 is 68.2 Å². The number of aryl methyl sites for hydroxylation is 1. The summed E-state index contributed by atoms with van der Waals surface area (Å²) in [6.45, 7) is 10.5. The van der Waals surface area contributed by atoms with Crippen molar-refractivity contribution in [1.29, 1.82) is 0 Å². The van der Waals surface area contributed by atoms with Crippen molar-refractivity contribution in [2.45, 2.75) is 53.1 Å². The number of fused-ring (bicyclic) bond motifs is 4. The molecular weight excluding hydrogens is 736 g/mol. The van der Waals surface area contributed by atoms with Gasteiger partial charge in [0, 0.05) is 57.4 Å². The lowest BCUT2D eigenvalue weighted by atomic mass is 9.93. The molecule has 13 heteroatoms. The van der Waals surface area contributed by atoms with Gasteiger partial charge in [0.15, 0.2) is 5.69 Å². The average molecular weight is 776 g/mol. The zero-order valence-electron chi connectivity index (χ0n) is 29.2. The fraction of sp³-hybridized carbons (Fsp3) is 0.289. The fourth-order valence-electron chi connectivity index (χ4n) is 5.49. The van der Waals surface area contributed by atoms with E-state index in [1.807, 2.05) is 39.1 Å². The summed E-state index contributed by atoms with van der Waals surface area (Å²) in [5.74, 6) is -0.400. The molecule has 51 heavy (non-hydrogen) atoms. The minimum Gasteiger partial charge on any atom is -0.493 e. The van der Waals surface area contributed by atoms with Gasteiger partial charge < -0.3 is 24.8 Å². The number of amides is 2. The molecule has 0 fully saturated rings. The minimum atomic E-state index is -0.653. The van der Waals surface area contributed by atoms with Crippen molar-refractivity contribution in [3.8, 4) is 27.3 Å². The van der Waals surface area contributed by atoms with Crippen LogP contribution in [-0.2, 0) is 20.7 Å². The number of carbonyl (C=O) groups excluding carboxylic acids is 4. The number of hydrogen-bond donors (Lipinski definition) is 2. The second-order valence-corrected chi connectivity index (χ2v) is 14.4. The Hall–Kier alpha value is -5.01. The van der Waals surface area contributed by atoms with Gasteiger partial charge in [-0.2, -0.15) is 0 Å². The van der Waals surface area contributed by atoms with Crippen molar-refractivity contribution in [2.24, 2.45) is 0 Å². The number of aromatic nitrogens is 2. The van der Waals surface area contributed by atoms with E-state index in [4.69, 9.17) is 14.2 Å². The number of nitrogens with one attached hydrogen (secondary N) is 2. The molecule has 5 aromatic rings. The summed E-state index contributed by atoms with van der Waals surface area (Å²) in [6.07, 6.45) is 3.60. The van der Waals surface area contributed by atoms with Crippen LogP contribution >= 0.6 is 27.3 Å². The smallest absolute Gasteiger partial charge is 0.418 e. The van der Waals surface area contributed by atoms with Gasteiger partial charge in [-0.3, -0.25) is 14.2 Å². The third-order valence-electron chi connectivity index (χ3n) is 7.81. The largest absolute Gasteiger partial charge is 0.493 e. The Morgan fingerprint density at radius 2 is 1.86 bits per heavy atom. The standard InChI is InChI=1S/C34H30BrN3O6S.C4H9NO/c1-18-6-7-20(29(36-18)32(40)42-5)22-17-27-24(30-19(11-14-43-27)12-15-45-30)16-23(22)31(39)37-25-8-9-26-21(28(25)35)10-13-38(26)33(41)44-34(2,3)4;1-2-3-5-4-6/h6-10,12-13,15-17H,11,14H2,1-5H3,(H,37,39);4H,2-3H2,1H3,(H,5,6). The monoisotopic (exact) mass is 774 g/mol. The van der Waals surface area contributed by atoms with Crippen molar-refractivity contribution in [3.05, 3.63) is 87.1 Å². The van der Waals surface area contributed by atoms with Crippen LogP contribution in [0.1, 0.15) is 66.2 Å². The van der Waals surface area contributed by atoms with E-state index in [1.54, 1.807) is 60.9 Å². The molecule has 0 spiro atoms. The molecule has 6 rings (SSSR count). The molecule has 0 aliphatic carbocycles. The highest BCUT2D eigenvalue weighted by Crippen LogP contribution is 2.43. The predicted octanol–water partition coefficient (Wildman–Crippen LogP) is 8.40. The van der Waals surface area contributed by atoms with Crippen LogP contribution in [0, 0.1) is 6.92 Å². The van der Waals surface area contributed by atoms with E-state index in [-0.39, 0.29) is 5.69 Å². The van der Waals surface area contributed by atoms with Gasteiger partial charge in [-0.25, -0.2) is 14.6 Å². The molecule has 0 unspecified atom stereocenters. The molecule has 0 bridgehead atoms. The lowest BCUT2D eigenvalue weighted by molar-refractivity contribution is -0.109. The van der Waals surface area contributed by atoms with Crippen molar-refractivity contribution in [2.75, 3.05) is 25.6 Å². The Bertz CT molecular complexity index is 2120. The zero-order chi connectivity index (χ0) is 36.9. The number of carbonyl (C=O) groups is 4. The molecular formula is C38H39BrN4O7S. The van der Waals surface area contributed by atoms with Gasteiger partial charge in [0.25, 0.3) is 5.91 Å². The lowest BCUT2D eigenvalue weighted by Crippen LogP contribution is -2.26.